The number of rotatable bonds is 5. The number of benzene rings is 2. The van der Waals surface area contributed by atoms with Gasteiger partial charge in [0.15, 0.2) is 0 Å². The van der Waals surface area contributed by atoms with Crippen molar-refractivity contribution < 1.29 is 17.6 Å². The van der Waals surface area contributed by atoms with Crippen molar-refractivity contribution in [2.45, 2.75) is 52.0 Å². The maximum absolute atomic E-state index is 13.2. The van der Waals surface area contributed by atoms with Crippen LogP contribution in [0.1, 0.15) is 42.0 Å². The Balaban J connectivity index is 1.66. The summed E-state index contributed by atoms with van der Waals surface area (Å²) in [6.45, 7) is 8.49. The quantitative estimate of drug-likeness (QED) is 0.780. The number of piperidine rings is 1. The largest absolute Gasteiger partial charge is 0.352 e. The predicted octanol–water partition coefficient (Wildman–Crippen LogP) is 3.86. The maximum atomic E-state index is 13.2. The molecule has 0 aromatic heterocycles. The Hall–Kier alpha value is -2.25. The molecule has 0 radical (unpaired) electrons. The van der Waals surface area contributed by atoms with Gasteiger partial charge < -0.3 is 5.32 Å². The third kappa shape index (κ3) is 4.57. The molecule has 5 nitrogen and oxygen atoms in total. The molecule has 1 aliphatic heterocycles. The molecule has 2 aromatic carbocycles. The van der Waals surface area contributed by atoms with E-state index in [1.165, 1.54) is 16.4 Å². The molecule has 1 amide bonds. The van der Waals surface area contributed by atoms with E-state index < -0.39 is 15.4 Å². The van der Waals surface area contributed by atoms with E-state index in [2.05, 4.69) is 5.32 Å². The van der Waals surface area contributed by atoms with Crippen LogP contribution in [0.5, 0.6) is 0 Å². The number of nitrogens with one attached hydrogen (secondary N) is 1. The highest BCUT2D eigenvalue weighted by Gasteiger charge is 2.40. The molecule has 3 rings (SSSR count). The summed E-state index contributed by atoms with van der Waals surface area (Å²) in [6, 6.07) is 9.64. The van der Waals surface area contributed by atoms with Crippen LogP contribution in [0.25, 0.3) is 0 Å². The van der Waals surface area contributed by atoms with Crippen LogP contribution in [0, 0.1) is 32.0 Å². The SMILES string of the molecule is Cc1cc(C)c(S(=O)(=O)N2CCC(C)(C(=O)NCc3ccc(F)cc3)CC2)cc1C. The molecular formula is C23H29FN2O3S. The molecule has 0 bridgehead atoms. The van der Waals surface area contributed by atoms with Crippen molar-refractivity contribution >= 4 is 15.9 Å². The third-order valence-electron chi connectivity index (χ3n) is 6.15. The smallest absolute Gasteiger partial charge is 0.243 e. The zero-order valence-corrected chi connectivity index (χ0v) is 18.8. The number of hydrogen-bond acceptors (Lipinski definition) is 3. The van der Waals surface area contributed by atoms with Crippen molar-refractivity contribution in [3.63, 3.8) is 0 Å². The number of carbonyl (C=O) groups is 1. The summed E-state index contributed by atoms with van der Waals surface area (Å²) in [5, 5.41) is 2.91. The predicted molar refractivity (Wildman–Crippen MR) is 115 cm³/mol. The Labute approximate surface area is 178 Å². The lowest BCUT2D eigenvalue weighted by Crippen LogP contribution is -2.48. The first-order valence-corrected chi connectivity index (χ1v) is 11.6. The molecule has 0 aliphatic carbocycles. The number of sulfonamides is 1. The van der Waals surface area contributed by atoms with Crippen LogP contribution in [-0.2, 0) is 21.4 Å². The summed E-state index contributed by atoms with van der Waals surface area (Å²) in [5.41, 5.74) is 2.93. The van der Waals surface area contributed by atoms with E-state index in [9.17, 15) is 17.6 Å². The fourth-order valence-corrected chi connectivity index (χ4v) is 5.53. The maximum Gasteiger partial charge on any atom is 0.243 e. The Morgan fingerprint density at radius 2 is 1.60 bits per heavy atom. The van der Waals surface area contributed by atoms with E-state index in [-0.39, 0.29) is 11.7 Å². The van der Waals surface area contributed by atoms with Gasteiger partial charge in [-0.25, -0.2) is 12.8 Å². The molecule has 0 unspecified atom stereocenters. The van der Waals surface area contributed by atoms with Gasteiger partial charge in [0.25, 0.3) is 0 Å². The number of halogens is 1. The van der Waals surface area contributed by atoms with Crippen molar-refractivity contribution in [2.24, 2.45) is 5.41 Å². The molecule has 0 spiro atoms. The number of amides is 1. The van der Waals surface area contributed by atoms with Crippen molar-refractivity contribution in [1.82, 2.24) is 9.62 Å². The van der Waals surface area contributed by atoms with Gasteiger partial charge in [-0.1, -0.05) is 25.1 Å². The van der Waals surface area contributed by atoms with Gasteiger partial charge in [-0.3, -0.25) is 4.79 Å². The highest BCUT2D eigenvalue weighted by Crippen LogP contribution is 2.34. The second-order valence-corrected chi connectivity index (χ2v) is 10.4. The molecule has 0 atom stereocenters. The highest BCUT2D eigenvalue weighted by molar-refractivity contribution is 7.89. The first-order chi connectivity index (χ1) is 14.0. The van der Waals surface area contributed by atoms with Crippen LogP contribution >= 0.6 is 0 Å². The van der Waals surface area contributed by atoms with Gasteiger partial charge in [-0.05, 0) is 74.1 Å². The minimum Gasteiger partial charge on any atom is -0.352 e. The van der Waals surface area contributed by atoms with Crippen LogP contribution in [0.2, 0.25) is 0 Å². The zero-order chi connectivity index (χ0) is 22.1. The number of aryl methyl sites for hydroxylation is 3. The van der Waals surface area contributed by atoms with Gasteiger partial charge in [0.05, 0.1) is 4.90 Å². The first-order valence-electron chi connectivity index (χ1n) is 10.1. The Kier molecular flexibility index (Phi) is 6.34. The fraction of sp³-hybridized carbons (Fsp3) is 0.435. The molecule has 0 saturated carbocycles. The minimum absolute atomic E-state index is 0.105. The average Bonchev–Trinajstić information content (AvgIpc) is 2.70. The number of hydrogen-bond donors (Lipinski definition) is 1. The fourth-order valence-electron chi connectivity index (χ4n) is 3.80. The van der Waals surface area contributed by atoms with Crippen LogP contribution in [0.3, 0.4) is 0 Å². The van der Waals surface area contributed by atoms with E-state index >= 15 is 0 Å². The minimum atomic E-state index is -3.60. The normalized spacial score (nSPS) is 17.0. The first kappa shape index (κ1) is 22.4. The lowest BCUT2D eigenvalue weighted by molar-refractivity contribution is -0.132. The van der Waals surface area contributed by atoms with Gasteiger partial charge in [0, 0.05) is 25.0 Å². The zero-order valence-electron chi connectivity index (χ0n) is 18.0. The Bertz CT molecular complexity index is 1040. The standard InChI is InChI=1S/C23H29FN2O3S/c1-16-13-18(3)21(14-17(16)2)30(28,29)26-11-9-23(4,10-12-26)22(27)25-15-19-5-7-20(24)8-6-19/h5-8,13-14H,9-12,15H2,1-4H3,(H,25,27). The van der Waals surface area contributed by atoms with Gasteiger partial charge in [-0.2, -0.15) is 4.31 Å². The third-order valence-corrected chi connectivity index (χ3v) is 8.19. The van der Waals surface area contributed by atoms with Crippen molar-refractivity contribution in [1.29, 1.82) is 0 Å². The van der Waals surface area contributed by atoms with Gasteiger partial charge in [-0.15, -0.1) is 0 Å². The van der Waals surface area contributed by atoms with E-state index in [4.69, 9.17) is 0 Å². The van der Waals surface area contributed by atoms with Crippen LogP contribution < -0.4 is 5.32 Å². The monoisotopic (exact) mass is 432 g/mol. The lowest BCUT2D eigenvalue weighted by Gasteiger charge is -2.37. The summed E-state index contributed by atoms with van der Waals surface area (Å²) in [5.74, 6) is -0.420. The van der Waals surface area contributed by atoms with E-state index in [0.29, 0.717) is 37.4 Å². The molecule has 1 saturated heterocycles. The molecule has 30 heavy (non-hydrogen) atoms. The van der Waals surface area contributed by atoms with Crippen LogP contribution in [0.4, 0.5) is 4.39 Å². The van der Waals surface area contributed by atoms with Crippen molar-refractivity contribution in [3.05, 3.63) is 64.5 Å². The van der Waals surface area contributed by atoms with Crippen molar-refractivity contribution in [3.8, 4) is 0 Å². The summed E-state index contributed by atoms with van der Waals surface area (Å²) in [6.07, 6.45) is 0.900. The number of nitrogens with zero attached hydrogens (tertiary/aromatic N) is 1. The van der Waals surface area contributed by atoms with Gasteiger partial charge in [0.1, 0.15) is 5.82 Å². The van der Waals surface area contributed by atoms with E-state index in [1.807, 2.05) is 33.8 Å². The Morgan fingerprint density at radius 1 is 1.03 bits per heavy atom. The van der Waals surface area contributed by atoms with Crippen LogP contribution in [-0.4, -0.2) is 31.7 Å². The molecule has 1 aliphatic rings. The van der Waals surface area contributed by atoms with Gasteiger partial charge >= 0.3 is 0 Å². The summed E-state index contributed by atoms with van der Waals surface area (Å²) in [4.78, 5) is 13.1. The second-order valence-electron chi connectivity index (χ2n) is 8.48. The van der Waals surface area contributed by atoms with E-state index in [0.717, 1.165) is 22.3 Å². The summed E-state index contributed by atoms with van der Waals surface area (Å²) >= 11 is 0. The lowest BCUT2D eigenvalue weighted by atomic mass is 9.80. The van der Waals surface area contributed by atoms with Gasteiger partial charge in [0.2, 0.25) is 15.9 Å². The summed E-state index contributed by atoms with van der Waals surface area (Å²) in [7, 11) is -3.60. The summed E-state index contributed by atoms with van der Waals surface area (Å²) < 4.78 is 40.9. The molecule has 1 fully saturated rings. The van der Waals surface area contributed by atoms with E-state index in [1.54, 1.807) is 18.2 Å². The number of carbonyl (C=O) groups excluding carboxylic acids is 1. The van der Waals surface area contributed by atoms with Crippen LogP contribution in [0.15, 0.2) is 41.3 Å². The molecule has 1 heterocycles. The Morgan fingerprint density at radius 3 is 2.20 bits per heavy atom. The molecule has 2 aromatic rings. The highest BCUT2D eigenvalue weighted by atomic mass is 32.2. The molecular weight excluding hydrogens is 403 g/mol. The topological polar surface area (TPSA) is 66.5 Å². The average molecular weight is 433 g/mol. The molecule has 7 heteroatoms. The molecule has 162 valence electrons. The van der Waals surface area contributed by atoms with Crippen molar-refractivity contribution in [2.75, 3.05) is 13.1 Å². The molecule has 1 N–H and O–H groups in total. The second kappa shape index (κ2) is 8.47.